The molecule has 0 fully saturated rings. The van der Waals surface area contributed by atoms with Crippen LogP contribution in [0.1, 0.15) is 29.7 Å². The molecule has 0 radical (unpaired) electrons. The van der Waals surface area contributed by atoms with Crippen molar-refractivity contribution in [2.24, 2.45) is 0 Å². The van der Waals surface area contributed by atoms with E-state index < -0.39 is 0 Å². The second kappa shape index (κ2) is 7.11. The molecule has 0 aliphatic heterocycles. The maximum atomic E-state index is 5.88. The van der Waals surface area contributed by atoms with E-state index in [4.69, 9.17) is 4.74 Å². The minimum Gasteiger partial charge on any atom is -0.492 e. The highest BCUT2D eigenvalue weighted by Gasteiger charge is 2.09. The van der Waals surface area contributed by atoms with Gasteiger partial charge in [-0.1, -0.05) is 48.9 Å². The molecule has 0 heterocycles. The van der Waals surface area contributed by atoms with Gasteiger partial charge < -0.3 is 10.1 Å². The van der Waals surface area contributed by atoms with Crippen LogP contribution in [0.15, 0.2) is 48.5 Å². The molecule has 0 spiro atoms. The summed E-state index contributed by atoms with van der Waals surface area (Å²) in [5.41, 5.74) is 3.86. The predicted molar refractivity (Wildman–Crippen MR) is 84.3 cm³/mol. The largest absolute Gasteiger partial charge is 0.492 e. The van der Waals surface area contributed by atoms with Crippen LogP contribution in [-0.2, 0) is 6.42 Å². The molecule has 0 aromatic heterocycles. The molecule has 0 amide bonds. The van der Waals surface area contributed by atoms with Crippen LogP contribution in [-0.4, -0.2) is 13.7 Å². The van der Waals surface area contributed by atoms with Gasteiger partial charge in [0.25, 0.3) is 0 Å². The van der Waals surface area contributed by atoms with Crippen molar-refractivity contribution in [1.82, 2.24) is 5.32 Å². The third-order valence-electron chi connectivity index (χ3n) is 3.58. The van der Waals surface area contributed by atoms with Gasteiger partial charge in [-0.05, 0) is 43.7 Å². The zero-order valence-corrected chi connectivity index (χ0v) is 12.5. The molecule has 0 saturated heterocycles. The van der Waals surface area contributed by atoms with Crippen LogP contribution in [0.4, 0.5) is 0 Å². The van der Waals surface area contributed by atoms with Gasteiger partial charge in [0.2, 0.25) is 0 Å². The summed E-state index contributed by atoms with van der Waals surface area (Å²) in [7, 11) is 1.97. The Hall–Kier alpha value is -1.80. The Balaban J connectivity index is 1.97. The van der Waals surface area contributed by atoms with E-state index in [0.29, 0.717) is 6.61 Å². The Morgan fingerprint density at radius 2 is 1.65 bits per heavy atom. The molecule has 1 atom stereocenters. The highest BCUT2D eigenvalue weighted by Crippen LogP contribution is 2.17. The average Bonchev–Trinajstić information content (AvgIpc) is 2.50. The Morgan fingerprint density at radius 3 is 2.20 bits per heavy atom. The highest BCUT2D eigenvalue weighted by atomic mass is 16.5. The van der Waals surface area contributed by atoms with E-state index >= 15 is 0 Å². The predicted octanol–water partition coefficient (Wildman–Crippen LogP) is 3.90. The van der Waals surface area contributed by atoms with Crippen molar-refractivity contribution in [1.29, 1.82) is 0 Å². The van der Waals surface area contributed by atoms with E-state index in [2.05, 4.69) is 55.6 Å². The third kappa shape index (κ3) is 3.84. The first-order valence-corrected chi connectivity index (χ1v) is 7.18. The lowest BCUT2D eigenvalue weighted by atomic mass is 10.1. The van der Waals surface area contributed by atoms with Crippen LogP contribution in [0.25, 0.3) is 0 Å². The first-order valence-electron chi connectivity index (χ1n) is 7.18. The molecule has 1 unspecified atom stereocenters. The van der Waals surface area contributed by atoms with E-state index in [1.807, 2.05) is 19.2 Å². The van der Waals surface area contributed by atoms with Crippen LogP contribution in [0.2, 0.25) is 0 Å². The summed E-state index contributed by atoms with van der Waals surface area (Å²) < 4.78 is 5.88. The maximum Gasteiger partial charge on any atom is 0.119 e. The van der Waals surface area contributed by atoms with Crippen LogP contribution in [0.3, 0.4) is 0 Å². The lowest BCUT2D eigenvalue weighted by Crippen LogP contribution is -2.23. The van der Waals surface area contributed by atoms with Crippen molar-refractivity contribution in [3.05, 3.63) is 65.2 Å². The van der Waals surface area contributed by atoms with E-state index in [-0.39, 0.29) is 6.04 Å². The molecule has 20 heavy (non-hydrogen) atoms. The van der Waals surface area contributed by atoms with Crippen LogP contribution < -0.4 is 10.1 Å². The number of likely N-dealkylation sites (N-methyl/N-ethyl adjacent to an activating group) is 1. The lowest BCUT2D eigenvalue weighted by Gasteiger charge is -2.18. The van der Waals surface area contributed by atoms with Gasteiger partial charge in [0.1, 0.15) is 12.4 Å². The van der Waals surface area contributed by atoms with Gasteiger partial charge in [0.15, 0.2) is 0 Å². The molecular weight excluding hydrogens is 246 g/mol. The number of rotatable bonds is 6. The van der Waals surface area contributed by atoms with Crippen LogP contribution in [0.5, 0.6) is 5.75 Å². The molecule has 2 nitrogen and oxygen atoms in total. The van der Waals surface area contributed by atoms with E-state index in [1.165, 1.54) is 16.7 Å². The molecule has 0 saturated carbocycles. The number of ether oxygens (including phenoxy) is 1. The Kier molecular flexibility index (Phi) is 5.19. The molecule has 2 heteroatoms. The minimum atomic E-state index is 0.210. The van der Waals surface area contributed by atoms with Crippen LogP contribution in [0, 0.1) is 6.92 Å². The molecule has 106 valence electrons. The van der Waals surface area contributed by atoms with Crippen molar-refractivity contribution < 1.29 is 4.74 Å². The van der Waals surface area contributed by atoms with Gasteiger partial charge in [-0.25, -0.2) is 0 Å². The smallest absolute Gasteiger partial charge is 0.119 e. The third-order valence-corrected chi connectivity index (χ3v) is 3.58. The van der Waals surface area contributed by atoms with Gasteiger partial charge in [0, 0.05) is 0 Å². The fraction of sp³-hybridized carbons (Fsp3) is 0.333. The summed E-state index contributed by atoms with van der Waals surface area (Å²) in [5.74, 6) is 0.926. The standard InChI is InChI=1S/C18H23NO/c1-4-15-7-11-17(12-8-15)20-13-18(19-3)16-9-5-14(2)6-10-16/h5-12,18-19H,4,13H2,1-3H3. The number of benzene rings is 2. The maximum absolute atomic E-state index is 5.88. The normalized spacial score (nSPS) is 12.2. The second-order valence-corrected chi connectivity index (χ2v) is 5.06. The highest BCUT2D eigenvalue weighted by molar-refractivity contribution is 5.28. The molecular formula is C18H23NO. The zero-order valence-electron chi connectivity index (χ0n) is 12.5. The second-order valence-electron chi connectivity index (χ2n) is 5.06. The van der Waals surface area contributed by atoms with Gasteiger partial charge in [0.05, 0.1) is 6.04 Å². The molecule has 2 rings (SSSR count). The quantitative estimate of drug-likeness (QED) is 0.859. The van der Waals surface area contributed by atoms with Crippen LogP contribution >= 0.6 is 0 Å². The summed E-state index contributed by atoms with van der Waals surface area (Å²) in [4.78, 5) is 0. The Bertz CT molecular complexity index is 516. The first-order chi connectivity index (χ1) is 9.72. The van der Waals surface area contributed by atoms with Gasteiger partial charge >= 0.3 is 0 Å². The minimum absolute atomic E-state index is 0.210. The fourth-order valence-corrected chi connectivity index (χ4v) is 2.15. The van der Waals surface area contributed by atoms with Crippen molar-refractivity contribution in [3.63, 3.8) is 0 Å². The summed E-state index contributed by atoms with van der Waals surface area (Å²) in [6.07, 6.45) is 1.06. The molecule has 2 aromatic carbocycles. The summed E-state index contributed by atoms with van der Waals surface area (Å²) in [6, 6.07) is 17.1. The summed E-state index contributed by atoms with van der Waals surface area (Å²) in [6.45, 7) is 4.89. The van der Waals surface area contributed by atoms with Gasteiger partial charge in [-0.15, -0.1) is 0 Å². The number of nitrogens with one attached hydrogen (secondary N) is 1. The van der Waals surface area contributed by atoms with Crippen molar-refractivity contribution in [2.45, 2.75) is 26.3 Å². The molecule has 0 aliphatic rings. The first kappa shape index (κ1) is 14.6. The summed E-state index contributed by atoms with van der Waals surface area (Å²) in [5, 5.41) is 3.31. The monoisotopic (exact) mass is 269 g/mol. The van der Waals surface area contributed by atoms with E-state index in [0.717, 1.165) is 12.2 Å². The number of hydrogen-bond acceptors (Lipinski definition) is 2. The van der Waals surface area contributed by atoms with Crippen molar-refractivity contribution in [2.75, 3.05) is 13.7 Å². The number of hydrogen-bond donors (Lipinski definition) is 1. The zero-order chi connectivity index (χ0) is 14.4. The van der Waals surface area contributed by atoms with Gasteiger partial charge in [-0.2, -0.15) is 0 Å². The topological polar surface area (TPSA) is 21.3 Å². The van der Waals surface area contributed by atoms with E-state index in [1.54, 1.807) is 0 Å². The molecule has 0 bridgehead atoms. The van der Waals surface area contributed by atoms with Gasteiger partial charge in [-0.3, -0.25) is 0 Å². The Labute approximate surface area is 121 Å². The lowest BCUT2D eigenvalue weighted by molar-refractivity contribution is 0.273. The SMILES string of the molecule is CCc1ccc(OCC(NC)c2ccc(C)cc2)cc1. The molecule has 1 N–H and O–H groups in total. The fourth-order valence-electron chi connectivity index (χ4n) is 2.15. The Morgan fingerprint density at radius 1 is 1.00 bits per heavy atom. The molecule has 2 aromatic rings. The molecule has 0 aliphatic carbocycles. The average molecular weight is 269 g/mol. The van der Waals surface area contributed by atoms with Crippen molar-refractivity contribution in [3.8, 4) is 5.75 Å². The van der Waals surface area contributed by atoms with Crippen molar-refractivity contribution >= 4 is 0 Å². The van der Waals surface area contributed by atoms with E-state index in [9.17, 15) is 0 Å². The summed E-state index contributed by atoms with van der Waals surface area (Å²) >= 11 is 0. The number of aryl methyl sites for hydroxylation is 2.